The number of pyridine rings is 1. The van der Waals surface area contributed by atoms with Crippen molar-refractivity contribution < 1.29 is 5.11 Å². The van der Waals surface area contributed by atoms with E-state index in [9.17, 15) is 9.90 Å². The molecule has 2 atom stereocenters. The quantitative estimate of drug-likeness (QED) is 0.392. The van der Waals surface area contributed by atoms with Crippen molar-refractivity contribution in [3.63, 3.8) is 0 Å². The van der Waals surface area contributed by atoms with E-state index in [1.165, 1.54) is 0 Å². The van der Waals surface area contributed by atoms with Crippen LogP contribution in [0.3, 0.4) is 0 Å². The van der Waals surface area contributed by atoms with E-state index in [1.54, 1.807) is 10.6 Å². The summed E-state index contributed by atoms with van der Waals surface area (Å²) in [5.74, 6) is 0. The molecule has 3 heteroatoms. The highest BCUT2D eigenvalue weighted by Gasteiger charge is 2.26. The summed E-state index contributed by atoms with van der Waals surface area (Å²) in [7, 11) is 0. The van der Waals surface area contributed by atoms with E-state index in [-0.39, 0.29) is 11.6 Å². The van der Waals surface area contributed by atoms with Gasteiger partial charge >= 0.3 is 0 Å². The molecule has 3 nitrogen and oxygen atoms in total. The molecule has 0 bridgehead atoms. The van der Waals surface area contributed by atoms with Crippen LogP contribution in [-0.2, 0) is 0 Å². The number of rotatable bonds is 7. The molecule has 3 aromatic carbocycles. The van der Waals surface area contributed by atoms with Crippen LogP contribution in [0.25, 0.3) is 22.4 Å². The molecule has 0 aliphatic carbocycles. The van der Waals surface area contributed by atoms with Crippen LogP contribution in [0, 0.1) is 0 Å². The number of nitrogens with zero attached hydrogens (tertiary/aromatic N) is 1. The first-order chi connectivity index (χ1) is 15.2. The van der Waals surface area contributed by atoms with Gasteiger partial charge in [-0.3, -0.25) is 4.79 Å². The number of hydrogen-bond acceptors (Lipinski definition) is 2. The van der Waals surface area contributed by atoms with Gasteiger partial charge in [0.2, 0.25) is 0 Å². The molecule has 0 saturated carbocycles. The molecule has 2 unspecified atom stereocenters. The zero-order valence-electron chi connectivity index (χ0n) is 17.7. The Kier molecular flexibility index (Phi) is 6.44. The molecule has 0 radical (unpaired) electrons. The second-order valence-corrected chi connectivity index (χ2v) is 7.78. The Morgan fingerprint density at radius 2 is 1.29 bits per heavy atom. The van der Waals surface area contributed by atoms with Gasteiger partial charge < -0.3 is 9.67 Å². The predicted octanol–water partition coefficient (Wildman–Crippen LogP) is 6.26. The average Bonchev–Trinajstić information content (AvgIpc) is 2.83. The molecule has 4 aromatic rings. The van der Waals surface area contributed by atoms with Gasteiger partial charge in [-0.1, -0.05) is 104 Å². The van der Waals surface area contributed by atoms with Gasteiger partial charge in [-0.05, 0) is 34.7 Å². The normalized spacial score (nSPS) is 13.0. The Labute approximate surface area is 183 Å². The number of hydrogen-bond donors (Lipinski definition) is 1. The minimum Gasteiger partial charge on any atom is -0.386 e. The van der Waals surface area contributed by atoms with Crippen LogP contribution >= 0.6 is 0 Å². The first-order valence-electron chi connectivity index (χ1n) is 10.8. The molecule has 1 aromatic heterocycles. The van der Waals surface area contributed by atoms with Crippen LogP contribution < -0.4 is 5.56 Å². The maximum Gasteiger partial charge on any atom is 0.251 e. The second kappa shape index (κ2) is 9.59. The fourth-order valence-corrected chi connectivity index (χ4v) is 4.15. The van der Waals surface area contributed by atoms with Gasteiger partial charge in [0.05, 0.1) is 17.8 Å². The van der Waals surface area contributed by atoms with Crippen LogP contribution in [0.4, 0.5) is 0 Å². The predicted molar refractivity (Wildman–Crippen MR) is 127 cm³/mol. The van der Waals surface area contributed by atoms with Crippen molar-refractivity contribution in [1.82, 2.24) is 4.57 Å². The SMILES string of the molecule is CCCC(C(O)c1ccccc1)n1c(-c2ccccc2)cc(-c2ccccc2)cc1=O. The van der Waals surface area contributed by atoms with Crippen molar-refractivity contribution in [2.45, 2.75) is 31.9 Å². The van der Waals surface area contributed by atoms with Crippen molar-refractivity contribution in [1.29, 1.82) is 0 Å². The molecule has 0 spiro atoms. The summed E-state index contributed by atoms with van der Waals surface area (Å²) in [6.45, 7) is 2.08. The maximum absolute atomic E-state index is 13.5. The highest BCUT2D eigenvalue weighted by atomic mass is 16.3. The van der Waals surface area contributed by atoms with Crippen LogP contribution in [0.15, 0.2) is 108 Å². The molecule has 156 valence electrons. The van der Waals surface area contributed by atoms with Gasteiger partial charge in [0.1, 0.15) is 0 Å². The third kappa shape index (κ3) is 4.52. The molecule has 0 saturated heterocycles. The number of aliphatic hydroxyl groups excluding tert-OH is 1. The maximum atomic E-state index is 13.5. The standard InChI is InChI=1S/C28H27NO2/c1-2-12-25(28(31)23-17-10-5-11-18-23)29-26(22-15-8-4-9-16-22)19-24(20-27(29)30)21-13-6-3-7-14-21/h3-11,13-20,25,28,31H,2,12H2,1H3. The summed E-state index contributed by atoms with van der Waals surface area (Å²) in [6.07, 6.45) is 0.778. The average molecular weight is 410 g/mol. The highest BCUT2D eigenvalue weighted by molar-refractivity contribution is 5.70. The van der Waals surface area contributed by atoms with E-state index in [2.05, 4.69) is 13.0 Å². The monoisotopic (exact) mass is 409 g/mol. The van der Waals surface area contributed by atoms with Gasteiger partial charge in [0, 0.05) is 6.07 Å². The Bertz CT molecular complexity index is 1170. The van der Waals surface area contributed by atoms with Gasteiger partial charge in [-0.25, -0.2) is 0 Å². The first kappa shape index (κ1) is 20.8. The molecular weight excluding hydrogens is 382 g/mol. The molecule has 1 heterocycles. The minimum absolute atomic E-state index is 0.103. The van der Waals surface area contributed by atoms with Gasteiger partial charge in [0.15, 0.2) is 0 Å². The number of benzene rings is 3. The lowest BCUT2D eigenvalue weighted by atomic mass is 9.96. The third-order valence-electron chi connectivity index (χ3n) is 5.67. The summed E-state index contributed by atoms with van der Waals surface area (Å²) >= 11 is 0. The van der Waals surface area contributed by atoms with E-state index in [0.29, 0.717) is 6.42 Å². The lowest BCUT2D eigenvalue weighted by Gasteiger charge is -2.28. The summed E-state index contributed by atoms with van der Waals surface area (Å²) in [5.41, 5.74) is 4.37. The molecule has 0 amide bonds. The summed E-state index contributed by atoms with van der Waals surface area (Å²) in [4.78, 5) is 13.5. The molecule has 0 aliphatic heterocycles. The van der Waals surface area contributed by atoms with E-state index >= 15 is 0 Å². The number of aliphatic hydroxyl groups is 1. The summed E-state index contributed by atoms with van der Waals surface area (Å²) < 4.78 is 1.78. The van der Waals surface area contributed by atoms with E-state index in [0.717, 1.165) is 34.4 Å². The largest absolute Gasteiger partial charge is 0.386 e. The van der Waals surface area contributed by atoms with Crippen molar-refractivity contribution in [3.8, 4) is 22.4 Å². The third-order valence-corrected chi connectivity index (χ3v) is 5.67. The Morgan fingerprint density at radius 1 is 0.742 bits per heavy atom. The lowest BCUT2D eigenvalue weighted by Crippen LogP contribution is -2.30. The van der Waals surface area contributed by atoms with E-state index < -0.39 is 6.10 Å². The van der Waals surface area contributed by atoms with Crippen LogP contribution in [-0.4, -0.2) is 9.67 Å². The molecule has 4 rings (SSSR count). The van der Waals surface area contributed by atoms with Crippen molar-refractivity contribution >= 4 is 0 Å². The fraction of sp³-hybridized carbons (Fsp3) is 0.179. The first-order valence-corrected chi connectivity index (χ1v) is 10.8. The van der Waals surface area contributed by atoms with Crippen molar-refractivity contribution in [3.05, 3.63) is 119 Å². The topological polar surface area (TPSA) is 42.2 Å². The zero-order chi connectivity index (χ0) is 21.6. The van der Waals surface area contributed by atoms with Crippen LogP contribution in [0.5, 0.6) is 0 Å². The molecular formula is C28H27NO2. The highest BCUT2D eigenvalue weighted by Crippen LogP contribution is 2.34. The summed E-state index contributed by atoms with van der Waals surface area (Å²) in [5, 5.41) is 11.3. The molecule has 0 fully saturated rings. The van der Waals surface area contributed by atoms with Crippen molar-refractivity contribution in [2.24, 2.45) is 0 Å². The van der Waals surface area contributed by atoms with Crippen LogP contribution in [0.1, 0.15) is 37.5 Å². The van der Waals surface area contributed by atoms with Crippen LogP contribution in [0.2, 0.25) is 0 Å². The van der Waals surface area contributed by atoms with Crippen molar-refractivity contribution in [2.75, 3.05) is 0 Å². The van der Waals surface area contributed by atoms with E-state index in [4.69, 9.17) is 0 Å². The Hall–Kier alpha value is -3.43. The van der Waals surface area contributed by atoms with E-state index in [1.807, 2.05) is 91.0 Å². The smallest absolute Gasteiger partial charge is 0.251 e. The zero-order valence-corrected chi connectivity index (χ0v) is 17.7. The van der Waals surface area contributed by atoms with Gasteiger partial charge in [0.25, 0.3) is 5.56 Å². The fourth-order valence-electron chi connectivity index (χ4n) is 4.15. The summed E-state index contributed by atoms with van der Waals surface area (Å²) in [6, 6.07) is 32.9. The Morgan fingerprint density at radius 3 is 1.87 bits per heavy atom. The number of aromatic nitrogens is 1. The Balaban J connectivity index is 1.92. The van der Waals surface area contributed by atoms with Gasteiger partial charge in [-0.2, -0.15) is 0 Å². The second-order valence-electron chi connectivity index (χ2n) is 7.78. The molecule has 31 heavy (non-hydrogen) atoms. The van der Waals surface area contributed by atoms with Gasteiger partial charge in [-0.15, -0.1) is 0 Å². The molecule has 0 aliphatic rings. The minimum atomic E-state index is -0.774. The lowest BCUT2D eigenvalue weighted by molar-refractivity contribution is 0.106. The molecule has 1 N–H and O–H groups in total.